The molecule has 200 valence electrons. The lowest BCUT2D eigenvalue weighted by atomic mass is 9.81. The van der Waals surface area contributed by atoms with Crippen molar-refractivity contribution in [1.82, 2.24) is 0 Å². The SMILES string of the molecule is C.C.Nc1cccc(-c2ccccc2)c1[N+](=O)[O-].Nc1cccc(Br)c1[N+](=O)[O-].OB(O)c1ccccc1. The Labute approximate surface area is 230 Å². The largest absolute Gasteiger partial charge is 0.488 e. The molecule has 0 amide bonds. The van der Waals surface area contributed by atoms with E-state index in [-0.39, 0.29) is 37.6 Å². The zero-order valence-corrected chi connectivity index (χ0v) is 20.4. The Kier molecular flexibility index (Phi) is 14.6. The summed E-state index contributed by atoms with van der Waals surface area (Å²) in [5, 5.41) is 38.4. The summed E-state index contributed by atoms with van der Waals surface area (Å²) < 4.78 is 0.405. The number of anilines is 2. The monoisotopic (exact) mass is 584 g/mol. The highest BCUT2D eigenvalue weighted by molar-refractivity contribution is 9.10. The Morgan fingerprint density at radius 1 is 0.658 bits per heavy atom. The van der Waals surface area contributed by atoms with Crippen LogP contribution >= 0.6 is 15.9 Å². The van der Waals surface area contributed by atoms with Crippen molar-refractivity contribution in [2.75, 3.05) is 11.5 Å². The number of nitro benzene ring substituents is 2. The van der Waals surface area contributed by atoms with E-state index in [4.69, 9.17) is 21.5 Å². The van der Waals surface area contributed by atoms with Gasteiger partial charge in [-0.15, -0.1) is 0 Å². The summed E-state index contributed by atoms with van der Waals surface area (Å²) in [6.45, 7) is 0. The van der Waals surface area contributed by atoms with Gasteiger partial charge in [-0.05, 0) is 51.2 Å². The maximum atomic E-state index is 10.9. The zero-order valence-electron chi connectivity index (χ0n) is 18.8. The maximum absolute atomic E-state index is 10.9. The number of hydrogen-bond donors (Lipinski definition) is 4. The third-order valence-electron chi connectivity index (χ3n) is 4.63. The van der Waals surface area contributed by atoms with Gasteiger partial charge in [-0.2, -0.15) is 0 Å². The normalized spacial score (nSPS) is 9.13. The Morgan fingerprint density at radius 3 is 1.50 bits per heavy atom. The quantitative estimate of drug-likeness (QED) is 0.106. The van der Waals surface area contributed by atoms with Crippen LogP contribution in [0.4, 0.5) is 22.7 Å². The summed E-state index contributed by atoms with van der Waals surface area (Å²) in [6.07, 6.45) is 0. The van der Waals surface area contributed by atoms with E-state index in [2.05, 4.69) is 15.9 Å². The Morgan fingerprint density at radius 2 is 1.11 bits per heavy atom. The van der Waals surface area contributed by atoms with Crippen LogP contribution in [-0.2, 0) is 0 Å². The van der Waals surface area contributed by atoms with Crippen molar-refractivity contribution in [1.29, 1.82) is 0 Å². The molecule has 0 fully saturated rings. The molecule has 0 aliphatic carbocycles. The molecule has 10 nitrogen and oxygen atoms in total. The fourth-order valence-electron chi connectivity index (χ4n) is 2.97. The molecular weight excluding hydrogens is 555 g/mol. The average Bonchev–Trinajstić information content (AvgIpc) is 2.85. The third kappa shape index (κ3) is 9.66. The van der Waals surface area contributed by atoms with Crippen LogP contribution in [0.15, 0.2) is 102 Å². The number of halogens is 1. The van der Waals surface area contributed by atoms with Gasteiger partial charge in [0.05, 0.1) is 19.9 Å². The van der Waals surface area contributed by atoms with Gasteiger partial charge in [0.25, 0.3) is 5.69 Å². The fraction of sp³-hybridized carbons (Fsp3) is 0.0769. The molecule has 0 aromatic heterocycles. The van der Waals surface area contributed by atoms with E-state index in [0.29, 0.717) is 15.5 Å². The van der Waals surface area contributed by atoms with Crippen LogP contribution in [0.1, 0.15) is 14.9 Å². The first kappa shape index (κ1) is 33.7. The summed E-state index contributed by atoms with van der Waals surface area (Å²) in [4.78, 5) is 20.3. The first-order valence-electron chi connectivity index (χ1n) is 10.3. The van der Waals surface area contributed by atoms with Crippen LogP contribution < -0.4 is 16.9 Å². The molecule has 12 heteroatoms. The lowest BCUT2D eigenvalue weighted by Gasteiger charge is -2.04. The molecule has 0 radical (unpaired) electrons. The number of para-hydroxylation sites is 2. The molecule has 0 atom stereocenters. The lowest BCUT2D eigenvalue weighted by molar-refractivity contribution is -0.384. The van der Waals surface area contributed by atoms with Crippen molar-refractivity contribution in [3.8, 4) is 11.1 Å². The fourth-order valence-corrected chi connectivity index (χ4v) is 3.49. The standard InChI is InChI=1S/C12H10N2O2.C6H7BO2.C6H5BrN2O2.2CH4/c13-11-8-4-7-10(12(11)14(15)16)9-5-2-1-3-6-9;8-7(9)6-4-2-1-3-5-6;7-4-2-1-3-5(8)6(4)9(10)11;;/h1-8H,13H2;1-5,8-9H;1-3H,8H2;2*1H4. The van der Waals surface area contributed by atoms with Crippen molar-refractivity contribution in [2.24, 2.45) is 0 Å². The summed E-state index contributed by atoms with van der Waals surface area (Å²) in [6, 6.07) is 27.5. The average molecular weight is 585 g/mol. The molecule has 4 aromatic carbocycles. The predicted octanol–water partition coefficient (Wildman–Crippen LogP) is 5.42. The Hall–Kier alpha value is -4.26. The van der Waals surface area contributed by atoms with Crippen molar-refractivity contribution >= 4 is 51.3 Å². The molecule has 0 saturated heterocycles. The molecule has 0 saturated carbocycles. The second-order valence-electron chi connectivity index (χ2n) is 7.09. The second kappa shape index (κ2) is 16.5. The van der Waals surface area contributed by atoms with Gasteiger partial charge in [-0.1, -0.05) is 87.6 Å². The van der Waals surface area contributed by atoms with Gasteiger partial charge in [0, 0.05) is 0 Å². The first-order chi connectivity index (χ1) is 17.1. The summed E-state index contributed by atoms with van der Waals surface area (Å²) in [5.74, 6) is 0. The molecule has 0 bridgehead atoms. The van der Waals surface area contributed by atoms with Gasteiger partial charge in [0.1, 0.15) is 11.4 Å². The Bertz CT molecular complexity index is 1290. The van der Waals surface area contributed by atoms with Gasteiger partial charge in [0.15, 0.2) is 0 Å². The summed E-state index contributed by atoms with van der Waals surface area (Å²) in [7, 11) is -1.34. The highest BCUT2D eigenvalue weighted by atomic mass is 79.9. The molecule has 0 aliphatic heterocycles. The smallest absolute Gasteiger partial charge is 0.423 e. The van der Waals surface area contributed by atoms with Gasteiger partial charge < -0.3 is 21.5 Å². The second-order valence-corrected chi connectivity index (χ2v) is 7.94. The molecule has 0 aliphatic rings. The number of rotatable bonds is 4. The van der Waals surface area contributed by atoms with E-state index in [1.54, 1.807) is 48.5 Å². The molecule has 0 heterocycles. The zero-order chi connectivity index (χ0) is 26.7. The van der Waals surface area contributed by atoms with Gasteiger partial charge in [-0.3, -0.25) is 20.2 Å². The third-order valence-corrected chi connectivity index (χ3v) is 5.27. The van der Waals surface area contributed by atoms with Crippen LogP contribution in [0.25, 0.3) is 11.1 Å². The van der Waals surface area contributed by atoms with Crippen LogP contribution in [0.5, 0.6) is 0 Å². The van der Waals surface area contributed by atoms with Crippen LogP contribution in [0.3, 0.4) is 0 Å². The topological polar surface area (TPSA) is 179 Å². The predicted molar refractivity (Wildman–Crippen MR) is 158 cm³/mol. The first-order valence-corrected chi connectivity index (χ1v) is 11.1. The van der Waals surface area contributed by atoms with Gasteiger partial charge in [0.2, 0.25) is 0 Å². The highest BCUT2D eigenvalue weighted by Gasteiger charge is 2.18. The molecule has 38 heavy (non-hydrogen) atoms. The molecule has 0 spiro atoms. The van der Waals surface area contributed by atoms with E-state index in [0.717, 1.165) is 5.56 Å². The van der Waals surface area contributed by atoms with E-state index in [1.807, 2.05) is 36.4 Å². The summed E-state index contributed by atoms with van der Waals surface area (Å²) >= 11 is 3.03. The molecule has 6 N–H and O–H groups in total. The maximum Gasteiger partial charge on any atom is 0.488 e. The minimum Gasteiger partial charge on any atom is -0.423 e. The van der Waals surface area contributed by atoms with Crippen molar-refractivity contribution < 1.29 is 19.9 Å². The Balaban J connectivity index is 0.000000551. The van der Waals surface area contributed by atoms with Crippen molar-refractivity contribution in [3.05, 3.63) is 122 Å². The van der Waals surface area contributed by atoms with Crippen LogP contribution in [0.2, 0.25) is 0 Å². The number of nitrogens with two attached hydrogens (primary N) is 2. The number of hydrogen-bond acceptors (Lipinski definition) is 8. The number of nitro groups is 2. The van der Waals surface area contributed by atoms with E-state index in [9.17, 15) is 20.2 Å². The highest BCUT2D eigenvalue weighted by Crippen LogP contribution is 2.34. The van der Waals surface area contributed by atoms with Gasteiger partial charge >= 0.3 is 12.8 Å². The van der Waals surface area contributed by atoms with Crippen LogP contribution in [0, 0.1) is 20.2 Å². The molecule has 0 unspecified atom stereocenters. The summed E-state index contributed by atoms with van der Waals surface area (Å²) in [5.41, 5.74) is 13.1. The molecule has 4 rings (SSSR count). The van der Waals surface area contributed by atoms with E-state index in [1.165, 1.54) is 12.1 Å². The minimum absolute atomic E-state index is 0. The number of benzene rings is 4. The number of nitrogen functional groups attached to an aromatic ring is 2. The van der Waals surface area contributed by atoms with Crippen LogP contribution in [-0.4, -0.2) is 27.0 Å². The van der Waals surface area contributed by atoms with E-state index >= 15 is 0 Å². The molecular formula is C26H30BBrN4O6. The lowest BCUT2D eigenvalue weighted by Crippen LogP contribution is -2.29. The minimum atomic E-state index is -1.34. The van der Waals surface area contributed by atoms with E-state index < -0.39 is 17.0 Å². The van der Waals surface area contributed by atoms with Crippen molar-refractivity contribution in [2.45, 2.75) is 14.9 Å². The molecule has 4 aromatic rings. The van der Waals surface area contributed by atoms with Crippen molar-refractivity contribution in [3.63, 3.8) is 0 Å². The van der Waals surface area contributed by atoms with Gasteiger partial charge in [-0.25, -0.2) is 0 Å². The number of nitrogens with zero attached hydrogens (tertiary/aromatic N) is 2.